The van der Waals surface area contributed by atoms with Gasteiger partial charge in [-0.15, -0.1) is 0 Å². The minimum atomic E-state index is 0.906. The van der Waals surface area contributed by atoms with E-state index in [9.17, 15) is 0 Å². The Balaban J connectivity index is 2.53. The van der Waals surface area contributed by atoms with Crippen LogP contribution in [0.1, 0.15) is 32.6 Å². The fourth-order valence-corrected chi connectivity index (χ4v) is 0.885. The van der Waals surface area contributed by atoms with Crippen molar-refractivity contribution in [1.29, 1.82) is 0 Å². The van der Waals surface area contributed by atoms with Gasteiger partial charge in [0.1, 0.15) is 0 Å². The van der Waals surface area contributed by atoms with Gasteiger partial charge >= 0.3 is 63.9 Å². The molecule has 0 unspecified atom stereocenters. The zero-order chi connectivity index (χ0) is 6.24. The molecular formula is C6H13AuO. The Kier molecular flexibility index (Phi) is 8.37. The molecular weight excluding hydrogens is 285 g/mol. The van der Waals surface area contributed by atoms with Gasteiger partial charge in [0.2, 0.25) is 0 Å². The molecule has 0 spiro atoms. The van der Waals surface area contributed by atoms with Crippen LogP contribution in [-0.2, 0) is 24.7 Å². The predicted molar refractivity (Wildman–Crippen MR) is 30.1 cm³/mol. The second-order valence-electron chi connectivity index (χ2n) is 1.85. The molecule has 2 heteroatoms. The summed E-state index contributed by atoms with van der Waals surface area (Å²) in [5.74, 6) is 0. The third-order valence-corrected chi connectivity index (χ3v) is 1.50. The normalized spacial score (nSPS) is 9.88. The standard InChI is InChI=1S/C6H13O.Au/c1-2-3-4-5-6-7;/h2-6H2,1H3;/q-1;+1. The first-order valence-corrected chi connectivity index (χ1v) is 4.00. The van der Waals surface area contributed by atoms with Gasteiger partial charge in [-0.05, 0) is 0 Å². The molecule has 0 aromatic carbocycles. The summed E-state index contributed by atoms with van der Waals surface area (Å²) in [5.41, 5.74) is 0. The van der Waals surface area contributed by atoms with E-state index in [2.05, 4.69) is 28.4 Å². The Hall–Kier alpha value is 0.700. The maximum absolute atomic E-state index is 4.83. The second kappa shape index (κ2) is 7.70. The number of hydrogen-bond acceptors (Lipinski definition) is 1. The fraction of sp³-hybridized carbons (Fsp3) is 1.00. The van der Waals surface area contributed by atoms with Gasteiger partial charge < -0.3 is 0 Å². The van der Waals surface area contributed by atoms with Crippen LogP contribution < -0.4 is 0 Å². The van der Waals surface area contributed by atoms with E-state index in [1.807, 2.05) is 0 Å². The Labute approximate surface area is 64.2 Å². The van der Waals surface area contributed by atoms with E-state index in [1.54, 1.807) is 0 Å². The summed E-state index contributed by atoms with van der Waals surface area (Å²) in [4.78, 5) is 0. The molecule has 0 saturated heterocycles. The average Bonchev–Trinajstić information content (AvgIpc) is 1.81. The van der Waals surface area contributed by atoms with E-state index >= 15 is 0 Å². The van der Waals surface area contributed by atoms with Crippen molar-refractivity contribution in [3.8, 4) is 0 Å². The monoisotopic (exact) mass is 298 g/mol. The zero-order valence-corrected chi connectivity index (χ0v) is 7.41. The van der Waals surface area contributed by atoms with Crippen LogP contribution in [0.5, 0.6) is 0 Å². The van der Waals surface area contributed by atoms with Gasteiger partial charge in [0.15, 0.2) is 0 Å². The van der Waals surface area contributed by atoms with Crippen molar-refractivity contribution in [1.82, 2.24) is 0 Å². The molecule has 54 valence electrons. The Morgan fingerprint density at radius 1 is 1.25 bits per heavy atom. The molecule has 0 radical (unpaired) electrons. The molecule has 0 saturated carbocycles. The third kappa shape index (κ3) is 6.70. The van der Waals surface area contributed by atoms with Gasteiger partial charge in [0, 0.05) is 0 Å². The third-order valence-electron chi connectivity index (χ3n) is 1.06. The van der Waals surface area contributed by atoms with Crippen molar-refractivity contribution in [3.63, 3.8) is 0 Å². The summed E-state index contributed by atoms with van der Waals surface area (Å²) in [6, 6.07) is 0. The van der Waals surface area contributed by atoms with Crippen LogP contribution in [0.2, 0.25) is 0 Å². The molecule has 0 aliphatic heterocycles. The van der Waals surface area contributed by atoms with Crippen molar-refractivity contribution >= 4 is 0 Å². The van der Waals surface area contributed by atoms with Crippen molar-refractivity contribution in [2.45, 2.75) is 32.6 Å². The van der Waals surface area contributed by atoms with Gasteiger partial charge in [0.05, 0.1) is 0 Å². The van der Waals surface area contributed by atoms with E-state index in [-0.39, 0.29) is 0 Å². The minimum absolute atomic E-state index is 0.906. The number of hydrogen-bond donors (Lipinski definition) is 0. The quantitative estimate of drug-likeness (QED) is 0.557. The van der Waals surface area contributed by atoms with Gasteiger partial charge in [-0.1, -0.05) is 0 Å². The van der Waals surface area contributed by atoms with Gasteiger partial charge in [-0.2, -0.15) is 0 Å². The van der Waals surface area contributed by atoms with E-state index in [4.69, 9.17) is 3.24 Å². The first-order valence-electron chi connectivity index (χ1n) is 3.12. The molecule has 0 fully saturated rings. The molecule has 8 heavy (non-hydrogen) atoms. The topological polar surface area (TPSA) is 9.23 Å². The van der Waals surface area contributed by atoms with Gasteiger partial charge in [0.25, 0.3) is 0 Å². The zero-order valence-electron chi connectivity index (χ0n) is 5.25. The molecule has 1 nitrogen and oxygen atoms in total. The Morgan fingerprint density at radius 2 is 2.00 bits per heavy atom. The van der Waals surface area contributed by atoms with Crippen LogP contribution in [0.25, 0.3) is 0 Å². The van der Waals surface area contributed by atoms with E-state index in [0.29, 0.717) is 0 Å². The summed E-state index contributed by atoms with van der Waals surface area (Å²) < 4.78 is 4.83. The second-order valence-corrected chi connectivity index (χ2v) is 2.48. The van der Waals surface area contributed by atoms with E-state index < -0.39 is 0 Å². The van der Waals surface area contributed by atoms with Crippen molar-refractivity contribution < 1.29 is 24.7 Å². The fourth-order valence-electron chi connectivity index (χ4n) is 0.572. The average molecular weight is 298 g/mol. The molecule has 0 amide bonds. The number of rotatable bonds is 5. The van der Waals surface area contributed by atoms with E-state index in [1.165, 1.54) is 25.7 Å². The van der Waals surface area contributed by atoms with Crippen LogP contribution in [-0.4, -0.2) is 6.61 Å². The molecule has 0 bridgehead atoms. The first-order chi connectivity index (χ1) is 3.91. The van der Waals surface area contributed by atoms with Crippen LogP contribution >= 0.6 is 0 Å². The molecule has 0 atom stereocenters. The maximum atomic E-state index is 4.83. The predicted octanol–water partition coefficient (Wildman–Crippen LogP) is 2.05. The molecule has 0 aromatic rings. The molecule has 0 N–H and O–H groups in total. The number of unbranched alkanes of at least 4 members (excludes halogenated alkanes) is 3. The first kappa shape index (κ1) is 8.70. The molecule has 0 aliphatic carbocycles. The van der Waals surface area contributed by atoms with Crippen LogP contribution in [0.4, 0.5) is 0 Å². The Morgan fingerprint density at radius 3 is 2.50 bits per heavy atom. The summed E-state index contributed by atoms with van der Waals surface area (Å²) >= 11 is 2.10. The molecule has 0 aromatic heterocycles. The summed E-state index contributed by atoms with van der Waals surface area (Å²) in [6.07, 6.45) is 5.18. The van der Waals surface area contributed by atoms with Gasteiger partial charge in [-0.3, -0.25) is 0 Å². The van der Waals surface area contributed by atoms with Crippen LogP contribution in [0.3, 0.4) is 0 Å². The van der Waals surface area contributed by atoms with E-state index in [0.717, 1.165) is 6.61 Å². The molecule has 0 rings (SSSR count). The SMILES string of the molecule is CCCCCC[O][Au]. The Bertz CT molecular complexity index is 33.5. The summed E-state index contributed by atoms with van der Waals surface area (Å²) in [7, 11) is 0. The molecule has 0 aliphatic rings. The van der Waals surface area contributed by atoms with Gasteiger partial charge in [-0.25, -0.2) is 0 Å². The van der Waals surface area contributed by atoms with Crippen LogP contribution in [0.15, 0.2) is 0 Å². The van der Waals surface area contributed by atoms with Crippen molar-refractivity contribution in [2.24, 2.45) is 0 Å². The summed E-state index contributed by atoms with van der Waals surface area (Å²) in [5, 5.41) is 0. The molecule has 0 heterocycles. The van der Waals surface area contributed by atoms with Crippen molar-refractivity contribution in [2.75, 3.05) is 6.61 Å². The van der Waals surface area contributed by atoms with Crippen LogP contribution in [0, 0.1) is 0 Å². The van der Waals surface area contributed by atoms with Crippen molar-refractivity contribution in [3.05, 3.63) is 0 Å². The summed E-state index contributed by atoms with van der Waals surface area (Å²) in [6.45, 7) is 3.12.